The molecule has 0 atom stereocenters. The van der Waals surface area contributed by atoms with E-state index in [9.17, 15) is 0 Å². The van der Waals surface area contributed by atoms with Gasteiger partial charge in [0, 0.05) is 6.04 Å². The Hall–Kier alpha value is 0.270. The van der Waals surface area contributed by atoms with Gasteiger partial charge < -0.3 is 10.2 Å². The number of nitrogens with one attached hydrogen (secondary N) is 1. The van der Waals surface area contributed by atoms with Crippen LogP contribution in [0.15, 0.2) is 0 Å². The Balaban J connectivity index is 1.67. The molecule has 2 aliphatic rings. The van der Waals surface area contributed by atoms with Gasteiger partial charge in [-0.05, 0) is 76.2 Å². The van der Waals surface area contributed by atoms with Crippen LogP contribution in [0.25, 0.3) is 0 Å². The smallest absolute Gasteiger partial charge is 0.0111 e. The summed E-state index contributed by atoms with van der Waals surface area (Å²) < 4.78 is 0. The van der Waals surface area contributed by atoms with E-state index in [1.54, 1.807) is 0 Å². The third-order valence-corrected chi connectivity index (χ3v) is 5.21. The van der Waals surface area contributed by atoms with Crippen LogP contribution in [0.1, 0.15) is 32.1 Å². The number of hydrogen-bond acceptors (Lipinski definition) is 3. The van der Waals surface area contributed by atoms with E-state index in [-0.39, 0.29) is 0 Å². The van der Waals surface area contributed by atoms with Gasteiger partial charge in [-0.1, -0.05) is 0 Å². The summed E-state index contributed by atoms with van der Waals surface area (Å²) in [6.07, 6.45) is 7.12. The maximum atomic E-state index is 3.27. The summed E-state index contributed by atoms with van der Waals surface area (Å²) in [6.45, 7) is 3.93. The van der Waals surface area contributed by atoms with Crippen molar-refractivity contribution < 1.29 is 0 Å². The van der Waals surface area contributed by atoms with Crippen molar-refractivity contribution in [2.24, 2.45) is 5.92 Å². The Morgan fingerprint density at radius 3 is 2.44 bits per heavy atom. The van der Waals surface area contributed by atoms with Gasteiger partial charge in [0.15, 0.2) is 0 Å². The van der Waals surface area contributed by atoms with Gasteiger partial charge in [-0.3, -0.25) is 0 Å². The van der Waals surface area contributed by atoms with Crippen molar-refractivity contribution in [3.8, 4) is 0 Å². The monoisotopic (exact) mass is 242 g/mol. The molecule has 0 bridgehead atoms. The summed E-state index contributed by atoms with van der Waals surface area (Å²) >= 11 is 2.14. The minimum Gasteiger partial charge on any atom is -0.320 e. The maximum absolute atomic E-state index is 3.27. The van der Waals surface area contributed by atoms with Gasteiger partial charge in [-0.25, -0.2) is 0 Å². The lowest BCUT2D eigenvalue weighted by Gasteiger charge is -2.39. The van der Waals surface area contributed by atoms with Crippen LogP contribution >= 0.6 is 11.8 Å². The lowest BCUT2D eigenvalue weighted by Crippen LogP contribution is -2.43. The standard InChI is InChI=1S/C13H26N2S/c1-14-7-2-12-3-8-15(9-4-12)13-5-10-16-11-6-13/h12-14H,2-11H2,1H3. The summed E-state index contributed by atoms with van der Waals surface area (Å²) in [7, 11) is 2.06. The van der Waals surface area contributed by atoms with E-state index < -0.39 is 0 Å². The second-order valence-corrected chi connectivity index (χ2v) is 6.44. The molecule has 2 rings (SSSR count). The Morgan fingerprint density at radius 1 is 1.12 bits per heavy atom. The van der Waals surface area contributed by atoms with E-state index in [0.717, 1.165) is 12.0 Å². The quantitative estimate of drug-likeness (QED) is 0.814. The average Bonchev–Trinajstić information content (AvgIpc) is 2.38. The largest absolute Gasteiger partial charge is 0.320 e. The van der Waals surface area contributed by atoms with Crippen molar-refractivity contribution in [3.63, 3.8) is 0 Å². The first-order valence-electron chi connectivity index (χ1n) is 6.86. The molecule has 94 valence electrons. The van der Waals surface area contributed by atoms with E-state index in [2.05, 4.69) is 29.0 Å². The van der Waals surface area contributed by atoms with Crippen LogP contribution in [0.5, 0.6) is 0 Å². The summed E-state index contributed by atoms with van der Waals surface area (Å²) in [6, 6.07) is 0.923. The summed E-state index contributed by atoms with van der Waals surface area (Å²) in [4.78, 5) is 2.77. The molecule has 0 aromatic heterocycles. The van der Waals surface area contributed by atoms with Gasteiger partial charge in [0.05, 0.1) is 0 Å². The van der Waals surface area contributed by atoms with Crippen LogP contribution in [-0.2, 0) is 0 Å². The van der Waals surface area contributed by atoms with Gasteiger partial charge >= 0.3 is 0 Å². The second kappa shape index (κ2) is 6.87. The van der Waals surface area contributed by atoms with Crippen molar-refractivity contribution in [2.45, 2.75) is 38.1 Å². The molecular formula is C13H26N2S. The predicted octanol–water partition coefficient (Wildman–Crippen LogP) is 2.20. The van der Waals surface area contributed by atoms with Gasteiger partial charge in [0.2, 0.25) is 0 Å². The highest BCUT2D eigenvalue weighted by atomic mass is 32.2. The molecule has 1 N–H and O–H groups in total. The highest BCUT2D eigenvalue weighted by molar-refractivity contribution is 7.99. The molecule has 0 saturated carbocycles. The van der Waals surface area contributed by atoms with Crippen LogP contribution in [0.3, 0.4) is 0 Å². The fourth-order valence-electron chi connectivity index (χ4n) is 3.01. The van der Waals surface area contributed by atoms with Gasteiger partial charge in [-0.15, -0.1) is 0 Å². The third-order valence-electron chi connectivity index (χ3n) is 4.16. The van der Waals surface area contributed by atoms with Crippen LogP contribution in [-0.4, -0.2) is 49.1 Å². The topological polar surface area (TPSA) is 15.3 Å². The van der Waals surface area contributed by atoms with Crippen LogP contribution < -0.4 is 5.32 Å². The highest BCUT2D eigenvalue weighted by Gasteiger charge is 2.25. The van der Waals surface area contributed by atoms with Gasteiger partial charge in [-0.2, -0.15) is 11.8 Å². The fraction of sp³-hybridized carbons (Fsp3) is 1.00. The lowest BCUT2D eigenvalue weighted by atomic mass is 9.92. The van der Waals surface area contributed by atoms with Crippen LogP contribution in [0.4, 0.5) is 0 Å². The molecule has 0 amide bonds. The lowest BCUT2D eigenvalue weighted by molar-refractivity contribution is 0.123. The summed E-state index contributed by atoms with van der Waals surface area (Å²) in [5, 5.41) is 3.27. The van der Waals surface area contributed by atoms with Crippen LogP contribution in [0.2, 0.25) is 0 Å². The molecule has 2 aliphatic heterocycles. The molecule has 0 aliphatic carbocycles. The Morgan fingerprint density at radius 2 is 1.81 bits per heavy atom. The predicted molar refractivity (Wildman–Crippen MR) is 73.2 cm³/mol. The first-order valence-corrected chi connectivity index (χ1v) is 8.02. The minimum atomic E-state index is 0.923. The number of thioether (sulfide) groups is 1. The highest BCUT2D eigenvalue weighted by Crippen LogP contribution is 2.27. The molecule has 16 heavy (non-hydrogen) atoms. The first-order chi connectivity index (χ1) is 7.90. The Labute approximate surface area is 105 Å². The van der Waals surface area contributed by atoms with Gasteiger partial charge in [0.1, 0.15) is 0 Å². The molecule has 2 nitrogen and oxygen atoms in total. The number of hydrogen-bond donors (Lipinski definition) is 1. The molecule has 0 aromatic carbocycles. The zero-order chi connectivity index (χ0) is 11.2. The summed E-state index contributed by atoms with van der Waals surface area (Å²) in [5.41, 5.74) is 0. The minimum absolute atomic E-state index is 0.923. The zero-order valence-electron chi connectivity index (χ0n) is 10.6. The van der Waals surface area contributed by atoms with Gasteiger partial charge in [0.25, 0.3) is 0 Å². The molecular weight excluding hydrogens is 216 g/mol. The number of likely N-dealkylation sites (tertiary alicyclic amines) is 1. The molecule has 0 aromatic rings. The second-order valence-electron chi connectivity index (χ2n) is 5.22. The van der Waals surface area contributed by atoms with E-state index in [1.165, 1.54) is 63.2 Å². The van der Waals surface area contributed by atoms with E-state index in [1.807, 2.05) is 0 Å². The molecule has 2 heterocycles. The molecule has 3 heteroatoms. The average molecular weight is 242 g/mol. The molecule has 2 saturated heterocycles. The SMILES string of the molecule is CNCCC1CCN(C2CCSCC2)CC1. The van der Waals surface area contributed by atoms with Crippen molar-refractivity contribution in [1.82, 2.24) is 10.2 Å². The molecule has 2 fully saturated rings. The summed E-state index contributed by atoms with van der Waals surface area (Å²) in [5.74, 6) is 3.77. The van der Waals surface area contributed by atoms with Crippen molar-refractivity contribution in [3.05, 3.63) is 0 Å². The van der Waals surface area contributed by atoms with Crippen molar-refractivity contribution >= 4 is 11.8 Å². The maximum Gasteiger partial charge on any atom is 0.0111 e. The Kier molecular flexibility index (Phi) is 5.46. The van der Waals surface area contributed by atoms with Crippen molar-refractivity contribution in [1.29, 1.82) is 0 Å². The van der Waals surface area contributed by atoms with Crippen molar-refractivity contribution in [2.75, 3.05) is 38.2 Å². The van der Waals surface area contributed by atoms with Crippen LogP contribution in [0, 0.1) is 5.92 Å². The third kappa shape index (κ3) is 3.64. The molecule has 0 radical (unpaired) electrons. The first kappa shape index (κ1) is 12.7. The fourth-order valence-corrected chi connectivity index (χ4v) is 4.09. The molecule has 0 spiro atoms. The number of rotatable bonds is 4. The Bertz CT molecular complexity index is 184. The van der Waals surface area contributed by atoms with E-state index >= 15 is 0 Å². The normalized spacial score (nSPS) is 26.1. The number of nitrogens with zero attached hydrogens (tertiary/aromatic N) is 1. The zero-order valence-corrected chi connectivity index (χ0v) is 11.4. The van der Waals surface area contributed by atoms with E-state index in [4.69, 9.17) is 0 Å². The number of piperidine rings is 1. The van der Waals surface area contributed by atoms with E-state index in [0.29, 0.717) is 0 Å². The molecule has 0 unspecified atom stereocenters.